The number of hydrogen-bond donors (Lipinski definition) is 1. The minimum Gasteiger partial charge on any atom is -0.465 e. The second-order valence-corrected chi connectivity index (χ2v) is 11.5. The molecule has 1 fully saturated rings. The molecule has 0 radical (unpaired) electrons. The number of nitrogens with one attached hydrogen (secondary N) is 1. The van der Waals surface area contributed by atoms with E-state index in [0.29, 0.717) is 17.9 Å². The number of carbonyl (C=O) groups is 2. The first kappa shape index (κ1) is 27.1. The molecular weight excluding hydrogens is 535 g/mol. The van der Waals surface area contributed by atoms with Crippen molar-refractivity contribution in [2.45, 2.75) is 36.6 Å². The van der Waals surface area contributed by atoms with Gasteiger partial charge in [-0.25, -0.2) is 8.42 Å². The third-order valence-corrected chi connectivity index (χ3v) is 8.68. The van der Waals surface area contributed by atoms with Gasteiger partial charge in [0.15, 0.2) is 0 Å². The molecule has 0 saturated heterocycles. The van der Waals surface area contributed by atoms with Crippen LogP contribution in [0.1, 0.15) is 30.9 Å². The molecule has 0 unspecified atom stereocenters. The molecule has 1 N–H and O–H groups in total. The fraction of sp³-hybridized carbons (Fsp3) is 0.259. The van der Waals surface area contributed by atoms with Crippen LogP contribution in [-0.4, -0.2) is 37.8 Å². The van der Waals surface area contributed by atoms with Crippen LogP contribution >= 0.6 is 23.2 Å². The molecule has 37 heavy (non-hydrogen) atoms. The summed E-state index contributed by atoms with van der Waals surface area (Å²) in [5.41, 5.74) is 1.39. The molecule has 1 amide bonds. The number of ether oxygens (including phenoxy) is 1. The second-order valence-electron chi connectivity index (χ2n) is 8.76. The van der Waals surface area contributed by atoms with Crippen LogP contribution in [0.2, 0.25) is 10.0 Å². The highest BCUT2D eigenvalue weighted by atomic mass is 35.5. The molecular formula is C27H26Cl2N2O5S. The van der Waals surface area contributed by atoms with Gasteiger partial charge in [-0.05, 0) is 61.2 Å². The molecule has 3 aromatic rings. The number of sulfonamides is 1. The van der Waals surface area contributed by atoms with Crippen molar-refractivity contribution in [1.29, 1.82) is 0 Å². The zero-order valence-electron chi connectivity index (χ0n) is 20.1. The first-order valence-electron chi connectivity index (χ1n) is 11.7. The highest BCUT2D eigenvalue weighted by Crippen LogP contribution is 2.49. The van der Waals surface area contributed by atoms with Crippen LogP contribution in [0.15, 0.2) is 77.7 Å². The molecule has 0 aromatic heterocycles. The molecule has 0 atom stereocenters. The third kappa shape index (κ3) is 6.15. The van der Waals surface area contributed by atoms with Crippen molar-refractivity contribution in [2.75, 3.05) is 18.5 Å². The minimum atomic E-state index is -4.17. The van der Waals surface area contributed by atoms with Gasteiger partial charge in [0.05, 0.1) is 23.6 Å². The first-order valence-corrected chi connectivity index (χ1v) is 13.9. The molecule has 0 bridgehead atoms. The summed E-state index contributed by atoms with van der Waals surface area (Å²) >= 11 is 12.2. The van der Waals surface area contributed by atoms with E-state index in [1.165, 1.54) is 18.2 Å². The Balaban J connectivity index is 1.53. The van der Waals surface area contributed by atoms with Gasteiger partial charge in [-0.3, -0.25) is 9.59 Å². The Morgan fingerprint density at radius 2 is 1.68 bits per heavy atom. The molecule has 10 heteroatoms. The van der Waals surface area contributed by atoms with Crippen molar-refractivity contribution < 1.29 is 22.7 Å². The monoisotopic (exact) mass is 560 g/mol. The van der Waals surface area contributed by atoms with E-state index in [-0.39, 0.29) is 27.5 Å². The Hall–Kier alpha value is -2.91. The van der Waals surface area contributed by atoms with E-state index >= 15 is 0 Å². The zero-order valence-corrected chi connectivity index (χ0v) is 22.4. The fourth-order valence-electron chi connectivity index (χ4n) is 4.07. The maximum atomic E-state index is 13.5. The van der Waals surface area contributed by atoms with Gasteiger partial charge in [0.25, 0.3) is 0 Å². The van der Waals surface area contributed by atoms with Crippen molar-refractivity contribution in [3.05, 3.63) is 94.0 Å². The summed E-state index contributed by atoms with van der Waals surface area (Å²) in [4.78, 5) is 25.1. The number of amides is 1. The molecule has 0 heterocycles. The van der Waals surface area contributed by atoms with E-state index in [4.69, 9.17) is 27.9 Å². The summed E-state index contributed by atoms with van der Waals surface area (Å²) in [6.45, 7) is 1.60. The lowest BCUT2D eigenvalue weighted by molar-refractivity contribution is -0.146. The molecule has 194 valence electrons. The topological polar surface area (TPSA) is 92.8 Å². The van der Waals surface area contributed by atoms with Gasteiger partial charge in [0.2, 0.25) is 15.9 Å². The van der Waals surface area contributed by atoms with Crippen LogP contribution < -0.4 is 5.32 Å². The molecule has 1 saturated carbocycles. The van der Waals surface area contributed by atoms with Crippen LogP contribution in [0.4, 0.5) is 5.69 Å². The Morgan fingerprint density at radius 1 is 1.00 bits per heavy atom. The maximum Gasteiger partial charge on any atom is 0.316 e. The number of carbonyl (C=O) groups excluding carboxylic acids is 2. The molecule has 3 aromatic carbocycles. The number of halogens is 2. The summed E-state index contributed by atoms with van der Waals surface area (Å²) in [6.07, 6.45) is 1.44. The highest BCUT2D eigenvalue weighted by molar-refractivity contribution is 7.89. The lowest BCUT2D eigenvalue weighted by Gasteiger charge is -2.23. The van der Waals surface area contributed by atoms with Gasteiger partial charge in [-0.15, -0.1) is 0 Å². The number of nitrogens with zero attached hydrogens (tertiary/aromatic N) is 1. The number of benzene rings is 3. The first-order chi connectivity index (χ1) is 17.7. The van der Waals surface area contributed by atoms with E-state index in [1.807, 2.05) is 6.07 Å². The minimum absolute atomic E-state index is 0.00839. The van der Waals surface area contributed by atoms with Gasteiger partial charge in [0, 0.05) is 17.3 Å². The quantitative estimate of drug-likeness (QED) is 0.334. The number of anilines is 1. The average Bonchev–Trinajstić information content (AvgIpc) is 3.68. The molecule has 7 nitrogen and oxygen atoms in total. The molecule has 1 aliphatic rings. The van der Waals surface area contributed by atoms with E-state index < -0.39 is 27.9 Å². The Morgan fingerprint density at radius 3 is 2.30 bits per heavy atom. The Bertz CT molecular complexity index is 1390. The van der Waals surface area contributed by atoms with Gasteiger partial charge < -0.3 is 10.1 Å². The summed E-state index contributed by atoms with van der Waals surface area (Å²) < 4.78 is 33.3. The maximum absolute atomic E-state index is 13.5. The SMILES string of the molecule is CCOC(=O)C1(c2ccc(NC(=O)CN(Cc3ccccc3)S(=O)(=O)c3cc(Cl)ccc3Cl)cc2)CC1. The van der Waals surface area contributed by atoms with Crippen LogP contribution in [0, 0.1) is 0 Å². The van der Waals surface area contributed by atoms with Crippen molar-refractivity contribution in [2.24, 2.45) is 0 Å². The predicted octanol–water partition coefficient (Wildman–Crippen LogP) is 5.42. The van der Waals surface area contributed by atoms with E-state index in [0.717, 1.165) is 22.7 Å². The van der Waals surface area contributed by atoms with Crippen LogP contribution in [0.5, 0.6) is 0 Å². The lowest BCUT2D eigenvalue weighted by atomic mass is 9.96. The van der Waals surface area contributed by atoms with Crippen molar-refractivity contribution >= 4 is 50.8 Å². The number of hydrogen-bond acceptors (Lipinski definition) is 5. The van der Waals surface area contributed by atoms with Gasteiger partial charge in [-0.2, -0.15) is 4.31 Å². The summed E-state index contributed by atoms with van der Waals surface area (Å²) in [7, 11) is -4.17. The van der Waals surface area contributed by atoms with Crippen LogP contribution in [0.3, 0.4) is 0 Å². The number of rotatable bonds is 10. The van der Waals surface area contributed by atoms with E-state index in [1.54, 1.807) is 55.5 Å². The standard InChI is InChI=1S/C27H26Cl2N2O5S/c1-2-36-26(33)27(14-15-27)20-8-11-22(12-9-20)30-25(32)18-31(17-19-6-4-3-5-7-19)37(34,35)24-16-21(28)10-13-23(24)29/h3-13,16H,2,14-15,17-18H2,1H3,(H,30,32). The number of esters is 1. The summed E-state index contributed by atoms with van der Waals surface area (Å²) in [6, 6.07) is 20.1. The zero-order chi connectivity index (χ0) is 26.6. The summed E-state index contributed by atoms with van der Waals surface area (Å²) in [5.74, 6) is -0.773. The fourth-order valence-corrected chi connectivity index (χ4v) is 6.19. The molecule has 0 aliphatic heterocycles. The van der Waals surface area contributed by atoms with Gasteiger partial charge in [-0.1, -0.05) is 65.7 Å². The van der Waals surface area contributed by atoms with E-state index in [9.17, 15) is 18.0 Å². The predicted molar refractivity (Wildman–Crippen MR) is 143 cm³/mol. The van der Waals surface area contributed by atoms with Crippen LogP contribution in [0.25, 0.3) is 0 Å². The Labute approximate surface area is 226 Å². The largest absolute Gasteiger partial charge is 0.465 e. The van der Waals surface area contributed by atoms with Gasteiger partial charge >= 0.3 is 5.97 Å². The smallest absolute Gasteiger partial charge is 0.316 e. The van der Waals surface area contributed by atoms with Gasteiger partial charge in [0.1, 0.15) is 4.90 Å². The van der Waals surface area contributed by atoms with Crippen molar-refractivity contribution in [3.63, 3.8) is 0 Å². The van der Waals surface area contributed by atoms with E-state index in [2.05, 4.69) is 5.32 Å². The highest BCUT2D eigenvalue weighted by Gasteiger charge is 2.52. The summed E-state index contributed by atoms with van der Waals surface area (Å²) in [5, 5.41) is 2.96. The molecule has 0 spiro atoms. The third-order valence-electron chi connectivity index (χ3n) is 6.17. The lowest BCUT2D eigenvalue weighted by Crippen LogP contribution is -2.37. The normalized spacial score (nSPS) is 14.3. The van der Waals surface area contributed by atoms with Crippen LogP contribution in [-0.2, 0) is 36.3 Å². The average molecular weight is 561 g/mol. The van der Waals surface area contributed by atoms with Crippen molar-refractivity contribution in [1.82, 2.24) is 4.31 Å². The van der Waals surface area contributed by atoms with Crippen molar-refractivity contribution in [3.8, 4) is 0 Å². The molecule has 1 aliphatic carbocycles. The molecule has 4 rings (SSSR count). The Kier molecular flexibility index (Phi) is 8.23. The second kappa shape index (κ2) is 11.2.